The number of rotatable bonds is 8. The van der Waals surface area contributed by atoms with E-state index in [1.165, 1.54) is 16.8 Å². The van der Waals surface area contributed by atoms with E-state index in [-0.39, 0.29) is 23.2 Å². The lowest BCUT2D eigenvalue weighted by Crippen LogP contribution is -2.32. The third-order valence-corrected chi connectivity index (χ3v) is 4.04. The first kappa shape index (κ1) is 18.9. The van der Waals surface area contributed by atoms with Crippen molar-refractivity contribution < 1.29 is 4.79 Å². The first-order valence-electron chi connectivity index (χ1n) is 8.95. The number of aryl methyl sites for hydroxylation is 1. The highest BCUT2D eigenvalue weighted by molar-refractivity contribution is 5.92. The Morgan fingerprint density at radius 3 is 2.52 bits per heavy atom. The van der Waals surface area contributed by atoms with Gasteiger partial charge in [0.15, 0.2) is 0 Å². The predicted octanol–water partition coefficient (Wildman–Crippen LogP) is 3.56. The summed E-state index contributed by atoms with van der Waals surface area (Å²) in [6, 6.07) is 12.8. The van der Waals surface area contributed by atoms with Crippen molar-refractivity contribution >= 4 is 5.91 Å². The molecule has 0 saturated heterocycles. The fourth-order valence-electron chi connectivity index (χ4n) is 2.71. The van der Waals surface area contributed by atoms with Gasteiger partial charge in [-0.2, -0.15) is 5.10 Å². The lowest BCUT2D eigenvalue weighted by Gasteiger charge is -2.21. The molecule has 0 spiro atoms. The summed E-state index contributed by atoms with van der Waals surface area (Å²) in [5.41, 5.74) is 1.18. The second-order valence-electron chi connectivity index (χ2n) is 6.70. The second-order valence-corrected chi connectivity index (χ2v) is 6.70. The van der Waals surface area contributed by atoms with Crippen LogP contribution in [0.25, 0.3) is 0 Å². The number of carbonyl (C=O) groups excluding carboxylic acids is 1. The van der Waals surface area contributed by atoms with Gasteiger partial charge < -0.3 is 5.32 Å². The second kappa shape index (κ2) is 9.16. The number of nitrogens with zero attached hydrogens (tertiary/aromatic N) is 2. The Bertz CT molecular complexity index is 738. The molecule has 1 atom stereocenters. The highest BCUT2D eigenvalue weighted by Gasteiger charge is 2.18. The summed E-state index contributed by atoms with van der Waals surface area (Å²) >= 11 is 0. The van der Waals surface area contributed by atoms with Crippen LogP contribution < -0.4 is 10.9 Å². The molecule has 5 heteroatoms. The molecule has 0 aliphatic rings. The van der Waals surface area contributed by atoms with E-state index in [0.717, 1.165) is 24.8 Å². The van der Waals surface area contributed by atoms with Crippen LogP contribution in [-0.2, 0) is 6.54 Å². The lowest BCUT2D eigenvalue weighted by atomic mass is 9.97. The molecule has 1 amide bonds. The Morgan fingerprint density at radius 1 is 1.16 bits per heavy atom. The molecular weight excluding hydrogens is 314 g/mol. The van der Waals surface area contributed by atoms with Crippen LogP contribution in [0.2, 0.25) is 0 Å². The van der Waals surface area contributed by atoms with Gasteiger partial charge in [0.1, 0.15) is 5.69 Å². The fraction of sp³-hybridized carbons (Fsp3) is 0.450. The summed E-state index contributed by atoms with van der Waals surface area (Å²) in [7, 11) is 0. The Labute approximate surface area is 149 Å². The SMILES string of the molecule is CCCCn1nc(C(=O)NC(CC(C)C)c2ccccc2)ccc1=O. The Morgan fingerprint density at radius 2 is 1.88 bits per heavy atom. The standard InChI is InChI=1S/C20H27N3O2/c1-4-5-13-23-19(24)12-11-17(22-23)20(25)21-18(14-15(2)3)16-9-7-6-8-10-16/h6-12,15,18H,4-5,13-14H2,1-3H3,(H,21,25). The summed E-state index contributed by atoms with van der Waals surface area (Å²) in [5, 5.41) is 7.29. The topological polar surface area (TPSA) is 64.0 Å². The number of hydrogen-bond donors (Lipinski definition) is 1. The van der Waals surface area contributed by atoms with Crippen molar-refractivity contribution in [2.45, 2.75) is 52.6 Å². The fourth-order valence-corrected chi connectivity index (χ4v) is 2.71. The molecule has 0 aliphatic heterocycles. The van der Waals surface area contributed by atoms with Crippen LogP contribution in [0, 0.1) is 5.92 Å². The van der Waals surface area contributed by atoms with E-state index >= 15 is 0 Å². The minimum atomic E-state index is -0.250. The quantitative estimate of drug-likeness (QED) is 0.798. The maximum atomic E-state index is 12.7. The Hall–Kier alpha value is -2.43. The van der Waals surface area contributed by atoms with Gasteiger partial charge in [0, 0.05) is 12.6 Å². The third kappa shape index (κ3) is 5.55. The Balaban J connectivity index is 2.19. The lowest BCUT2D eigenvalue weighted by molar-refractivity contribution is 0.0924. The summed E-state index contributed by atoms with van der Waals surface area (Å²) in [6.45, 7) is 6.85. The molecular formula is C20H27N3O2. The molecule has 5 nitrogen and oxygen atoms in total. The van der Waals surface area contributed by atoms with Crippen molar-refractivity contribution in [1.29, 1.82) is 0 Å². The third-order valence-electron chi connectivity index (χ3n) is 4.04. The van der Waals surface area contributed by atoms with Gasteiger partial charge in [-0.3, -0.25) is 9.59 Å². The van der Waals surface area contributed by atoms with Crippen molar-refractivity contribution in [1.82, 2.24) is 15.1 Å². The van der Waals surface area contributed by atoms with Crippen LogP contribution in [0.4, 0.5) is 0 Å². The van der Waals surface area contributed by atoms with Gasteiger partial charge in [-0.15, -0.1) is 0 Å². The number of hydrogen-bond acceptors (Lipinski definition) is 3. The van der Waals surface area contributed by atoms with Crippen molar-refractivity contribution in [3.05, 3.63) is 64.1 Å². The number of unbranched alkanes of at least 4 members (excludes halogenated alkanes) is 1. The van der Waals surface area contributed by atoms with Crippen LogP contribution in [0.3, 0.4) is 0 Å². The van der Waals surface area contributed by atoms with Crippen molar-refractivity contribution in [3.8, 4) is 0 Å². The van der Waals surface area contributed by atoms with E-state index in [1.54, 1.807) is 0 Å². The highest BCUT2D eigenvalue weighted by atomic mass is 16.2. The maximum Gasteiger partial charge on any atom is 0.272 e. The molecule has 1 aromatic heterocycles. The smallest absolute Gasteiger partial charge is 0.272 e. The van der Waals surface area contributed by atoms with Gasteiger partial charge in [-0.1, -0.05) is 57.5 Å². The van der Waals surface area contributed by atoms with Gasteiger partial charge in [-0.25, -0.2) is 4.68 Å². The number of nitrogens with one attached hydrogen (secondary N) is 1. The van der Waals surface area contributed by atoms with Crippen LogP contribution in [-0.4, -0.2) is 15.7 Å². The first-order valence-corrected chi connectivity index (χ1v) is 8.95. The van der Waals surface area contributed by atoms with Crippen molar-refractivity contribution in [3.63, 3.8) is 0 Å². The molecule has 1 unspecified atom stereocenters. The normalized spacial score (nSPS) is 12.2. The Kier molecular flexibility index (Phi) is 6.92. The van der Waals surface area contributed by atoms with Gasteiger partial charge in [-0.05, 0) is 30.4 Å². The zero-order valence-corrected chi connectivity index (χ0v) is 15.2. The molecule has 0 aliphatic carbocycles. The number of amides is 1. The maximum absolute atomic E-state index is 12.7. The van der Waals surface area contributed by atoms with E-state index in [2.05, 4.69) is 31.2 Å². The zero-order chi connectivity index (χ0) is 18.2. The monoisotopic (exact) mass is 341 g/mol. The molecule has 1 N–H and O–H groups in total. The first-order chi connectivity index (χ1) is 12.0. The van der Waals surface area contributed by atoms with Crippen molar-refractivity contribution in [2.75, 3.05) is 0 Å². The van der Waals surface area contributed by atoms with E-state index in [9.17, 15) is 9.59 Å². The van der Waals surface area contributed by atoms with Gasteiger partial charge in [0.2, 0.25) is 0 Å². The highest BCUT2D eigenvalue weighted by Crippen LogP contribution is 2.21. The van der Waals surface area contributed by atoms with Gasteiger partial charge >= 0.3 is 0 Å². The summed E-state index contributed by atoms with van der Waals surface area (Å²) in [5.74, 6) is 0.191. The molecule has 134 valence electrons. The molecule has 2 aromatic rings. The number of aromatic nitrogens is 2. The molecule has 0 saturated carbocycles. The summed E-state index contributed by atoms with van der Waals surface area (Å²) in [4.78, 5) is 24.5. The van der Waals surface area contributed by atoms with Crippen LogP contribution in [0.5, 0.6) is 0 Å². The molecule has 0 fully saturated rings. The molecule has 0 bridgehead atoms. The largest absolute Gasteiger partial charge is 0.344 e. The average molecular weight is 341 g/mol. The molecule has 2 rings (SSSR count). The molecule has 0 radical (unpaired) electrons. The van der Waals surface area contributed by atoms with E-state index in [0.29, 0.717) is 12.5 Å². The van der Waals surface area contributed by atoms with Crippen LogP contribution >= 0.6 is 0 Å². The molecule has 1 aromatic carbocycles. The van der Waals surface area contributed by atoms with E-state index in [4.69, 9.17) is 0 Å². The van der Waals surface area contributed by atoms with Crippen LogP contribution in [0.15, 0.2) is 47.3 Å². The molecule has 1 heterocycles. The van der Waals surface area contributed by atoms with Crippen molar-refractivity contribution in [2.24, 2.45) is 5.92 Å². The summed E-state index contributed by atoms with van der Waals surface area (Å²) < 4.78 is 1.37. The summed E-state index contributed by atoms with van der Waals surface area (Å²) in [6.07, 6.45) is 2.66. The zero-order valence-electron chi connectivity index (χ0n) is 15.2. The molecule has 25 heavy (non-hydrogen) atoms. The number of carbonyl (C=O) groups is 1. The van der Waals surface area contributed by atoms with E-state index in [1.807, 2.05) is 30.3 Å². The minimum Gasteiger partial charge on any atom is -0.344 e. The minimum absolute atomic E-state index is 0.0773. The van der Waals surface area contributed by atoms with Gasteiger partial charge in [0.05, 0.1) is 6.04 Å². The average Bonchev–Trinajstić information content (AvgIpc) is 2.60. The number of benzene rings is 1. The van der Waals surface area contributed by atoms with Gasteiger partial charge in [0.25, 0.3) is 11.5 Å². The van der Waals surface area contributed by atoms with E-state index < -0.39 is 0 Å². The van der Waals surface area contributed by atoms with Crippen LogP contribution in [0.1, 0.15) is 62.1 Å². The predicted molar refractivity (Wildman–Crippen MR) is 99.5 cm³/mol.